The molecule has 1 rings (SSSR count). The van der Waals surface area contributed by atoms with Crippen LogP contribution in [0.1, 0.15) is 0 Å². The molecule has 0 spiro atoms. The predicted molar refractivity (Wildman–Crippen MR) is 51.4 cm³/mol. The van der Waals surface area contributed by atoms with Crippen molar-refractivity contribution in [2.75, 3.05) is 0 Å². The van der Waals surface area contributed by atoms with Crippen molar-refractivity contribution >= 4 is 27.5 Å². The fourth-order valence-corrected chi connectivity index (χ4v) is 1.17. The van der Waals surface area contributed by atoms with Gasteiger partial charge in [-0.2, -0.15) is 0 Å². The zero-order valence-electron chi connectivity index (χ0n) is 6.13. The van der Waals surface area contributed by atoms with Crippen molar-refractivity contribution in [1.29, 1.82) is 0 Å². The maximum Gasteiger partial charge on any atom is 0.269 e. The first kappa shape index (κ1) is 9.48. The lowest BCUT2D eigenvalue weighted by molar-refractivity contribution is 0.749. The third-order valence-corrected chi connectivity index (χ3v) is 2.50. The van der Waals surface area contributed by atoms with E-state index in [1.165, 1.54) is 10.9 Å². The van der Waals surface area contributed by atoms with Crippen LogP contribution in [0.2, 0.25) is 5.15 Å². The molecule has 0 atom stereocenters. The highest BCUT2D eigenvalue weighted by molar-refractivity contribution is 9.10. The molecule has 0 unspecified atom stereocenters. The molecule has 3 nitrogen and oxygen atoms in total. The second-order valence-electron chi connectivity index (χ2n) is 2.10. The second-order valence-corrected chi connectivity index (χ2v) is 3.25. The Morgan fingerprint density at radius 1 is 1.83 bits per heavy atom. The third-order valence-electron chi connectivity index (χ3n) is 1.27. The van der Waals surface area contributed by atoms with Crippen LogP contribution in [0.25, 0.3) is 0 Å². The first-order valence-corrected chi connectivity index (χ1v) is 4.35. The van der Waals surface area contributed by atoms with Gasteiger partial charge in [0.05, 0.1) is 6.33 Å². The largest absolute Gasteiger partial charge is 0.294 e. The van der Waals surface area contributed by atoms with Crippen molar-refractivity contribution in [2.45, 2.75) is 6.54 Å². The Bertz CT molecular complexity index is 361. The molecule has 0 aliphatic carbocycles. The van der Waals surface area contributed by atoms with Gasteiger partial charge in [0.15, 0.2) is 5.15 Å². The maximum absolute atomic E-state index is 11.3. The Kier molecular flexibility index (Phi) is 3.05. The number of hydrogen-bond acceptors (Lipinski definition) is 2. The minimum Gasteiger partial charge on any atom is -0.294 e. The van der Waals surface area contributed by atoms with Gasteiger partial charge in [-0.15, -0.1) is 6.58 Å². The van der Waals surface area contributed by atoms with Gasteiger partial charge in [0.1, 0.15) is 4.47 Å². The molecule has 64 valence electrons. The van der Waals surface area contributed by atoms with Crippen LogP contribution in [-0.4, -0.2) is 9.55 Å². The molecule has 1 heterocycles. The quantitative estimate of drug-likeness (QED) is 0.592. The lowest BCUT2D eigenvalue weighted by Crippen LogP contribution is -2.20. The third kappa shape index (κ3) is 1.76. The van der Waals surface area contributed by atoms with Gasteiger partial charge in [0.25, 0.3) is 5.56 Å². The minimum absolute atomic E-state index is 0.181. The van der Waals surface area contributed by atoms with Gasteiger partial charge in [-0.25, -0.2) is 4.98 Å². The average Bonchev–Trinajstić information content (AvgIpc) is 2.07. The van der Waals surface area contributed by atoms with Gasteiger partial charge in [0, 0.05) is 6.54 Å². The van der Waals surface area contributed by atoms with E-state index in [4.69, 9.17) is 11.6 Å². The summed E-state index contributed by atoms with van der Waals surface area (Å²) in [6, 6.07) is 0. The Hall–Kier alpha value is -0.610. The van der Waals surface area contributed by atoms with E-state index >= 15 is 0 Å². The summed E-state index contributed by atoms with van der Waals surface area (Å²) >= 11 is 8.63. The van der Waals surface area contributed by atoms with E-state index in [1.54, 1.807) is 6.08 Å². The molecule has 5 heteroatoms. The highest BCUT2D eigenvalue weighted by Crippen LogP contribution is 2.13. The van der Waals surface area contributed by atoms with Gasteiger partial charge in [-0.3, -0.25) is 9.36 Å². The smallest absolute Gasteiger partial charge is 0.269 e. The molecule has 12 heavy (non-hydrogen) atoms. The molecule has 0 saturated heterocycles. The van der Waals surface area contributed by atoms with Crippen molar-refractivity contribution in [3.8, 4) is 0 Å². The van der Waals surface area contributed by atoms with Gasteiger partial charge in [0.2, 0.25) is 0 Å². The summed E-state index contributed by atoms with van der Waals surface area (Å²) < 4.78 is 1.69. The fourth-order valence-electron chi connectivity index (χ4n) is 0.713. The molecule has 0 amide bonds. The minimum atomic E-state index is -0.199. The number of allylic oxidation sites excluding steroid dienone is 1. The summed E-state index contributed by atoms with van der Waals surface area (Å²) in [7, 11) is 0. The van der Waals surface area contributed by atoms with Crippen LogP contribution in [-0.2, 0) is 6.54 Å². The molecule has 0 aliphatic rings. The summed E-state index contributed by atoms with van der Waals surface area (Å²) in [5.74, 6) is 0. The van der Waals surface area contributed by atoms with Crippen LogP contribution in [0.4, 0.5) is 0 Å². The monoisotopic (exact) mass is 248 g/mol. The fraction of sp³-hybridized carbons (Fsp3) is 0.143. The molecular weight excluding hydrogens is 243 g/mol. The normalized spacial score (nSPS) is 9.83. The molecule has 0 saturated carbocycles. The highest BCUT2D eigenvalue weighted by atomic mass is 79.9. The topological polar surface area (TPSA) is 34.9 Å². The zero-order valence-corrected chi connectivity index (χ0v) is 8.47. The number of nitrogens with zero attached hydrogens (tertiary/aromatic N) is 2. The van der Waals surface area contributed by atoms with E-state index in [-0.39, 0.29) is 15.2 Å². The van der Waals surface area contributed by atoms with Crippen molar-refractivity contribution in [3.63, 3.8) is 0 Å². The van der Waals surface area contributed by atoms with Crippen LogP contribution in [0, 0.1) is 0 Å². The Balaban J connectivity index is 3.26. The molecule has 1 aromatic heterocycles. The predicted octanol–water partition coefficient (Wildman–Crippen LogP) is 1.85. The summed E-state index contributed by atoms with van der Waals surface area (Å²) in [6.07, 6.45) is 3.00. The molecular formula is C7H6BrClN2O. The van der Waals surface area contributed by atoms with Gasteiger partial charge in [-0.05, 0) is 15.9 Å². The zero-order chi connectivity index (χ0) is 9.14. The van der Waals surface area contributed by atoms with Crippen molar-refractivity contribution < 1.29 is 0 Å². The highest BCUT2D eigenvalue weighted by Gasteiger charge is 2.04. The molecule has 0 N–H and O–H groups in total. The molecule has 0 bridgehead atoms. The van der Waals surface area contributed by atoms with E-state index < -0.39 is 0 Å². The first-order chi connectivity index (χ1) is 5.66. The van der Waals surface area contributed by atoms with Gasteiger partial charge < -0.3 is 0 Å². The average molecular weight is 249 g/mol. The van der Waals surface area contributed by atoms with E-state index in [0.29, 0.717) is 6.54 Å². The number of rotatable bonds is 2. The summed E-state index contributed by atoms with van der Waals surface area (Å²) in [5.41, 5.74) is -0.199. The van der Waals surface area contributed by atoms with E-state index in [9.17, 15) is 4.79 Å². The molecule has 0 radical (unpaired) electrons. The Morgan fingerprint density at radius 3 is 3.08 bits per heavy atom. The Labute approximate surface area is 82.8 Å². The van der Waals surface area contributed by atoms with Crippen LogP contribution < -0.4 is 5.56 Å². The second kappa shape index (κ2) is 3.87. The van der Waals surface area contributed by atoms with E-state index in [2.05, 4.69) is 27.5 Å². The van der Waals surface area contributed by atoms with Crippen LogP contribution >= 0.6 is 27.5 Å². The maximum atomic E-state index is 11.3. The lowest BCUT2D eigenvalue weighted by atomic mass is 10.5. The summed E-state index contributed by atoms with van der Waals surface area (Å²) in [5, 5.41) is 0.181. The molecule has 0 aromatic carbocycles. The summed E-state index contributed by atoms with van der Waals surface area (Å²) in [6.45, 7) is 3.95. The molecule has 0 fully saturated rings. The Morgan fingerprint density at radius 2 is 2.50 bits per heavy atom. The van der Waals surface area contributed by atoms with E-state index in [0.717, 1.165) is 0 Å². The van der Waals surface area contributed by atoms with Crippen molar-refractivity contribution in [1.82, 2.24) is 9.55 Å². The van der Waals surface area contributed by atoms with E-state index in [1.807, 2.05) is 0 Å². The number of halogens is 2. The van der Waals surface area contributed by atoms with Crippen molar-refractivity contribution in [3.05, 3.63) is 39.0 Å². The van der Waals surface area contributed by atoms with Crippen LogP contribution in [0.3, 0.4) is 0 Å². The molecule has 1 aromatic rings. The van der Waals surface area contributed by atoms with Crippen LogP contribution in [0.5, 0.6) is 0 Å². The standard InChI is InChI=1S/C7H6BrClN2O/c1-2-3-11-4-10-6(9)5(8)7(11)12/h2,4H,1,3H2. The number of hydrogen-bond donors (Lipinski definition) is 0. The van der Waals surface area contributed by atoms with Crippen molar-refractivity contribution in [2.24, 2.45) is 0 Å². The van der Waals surface area contributed by atoms with Gasteiger partial charge >= 0.3 is 0 Å². The van der Waals surface area contributed by atoms with Crippen LogP contribution in [0.15, 0.2) is 28.2 Å². The summed E-state index contributed by atoms with van der Waals surface area (Å²) in [4.78, 5) is 15.1. The first-order valence-electron chi connectivity index (χ1n) is 3.18. The SMILES string of the molecule is C=CCn1cnc(Cl)c(Br)c1=O. The lowest BCUT2D eigenvalue weighted by Gasteiger charge is -2.01. The number of aromatic nitrogens is 2. The molecule has 0 aliphatic heterocycles. The van der Waals surface area contributed by atoms with Gasteiger partial charge in [-0.1, -0.05) is 17.7 Å².